The third-order valence-electron chi connectivity index (χ3n) is 4.64. The molecule has 0 aliphatic heterocycles. The first-order valence-electron chi connectivity index (χ1n) is 8.28. The largest absolute Gasteiger partial charge is 0.368 e. The highest BCUT2D eigenvalue weighted by molar-refractivity contribution is 5.81. The fourth-order valence-electron chi connectivity index (χ4n) is 3.36. The Bertz CT molecular complexity index is 486. The molecule has 0 aromatic heterocycles. The van der Waals surface area contributed by atoms with Crippen LogP contribution in [0.5, 0.6) is 0 Å². The third kappa shape index (κ3) is 4.54. The van der Waals surface area contributed by atoms with E-state index in [9.17, 15) is 9.18 Å². The van der Waals surface area contributed by atoms with Crippen LogP contribution in [0.25, 0.3) is 0 Å². The Hall–Kier alpha value is -1.42. The van der Waals surface area contributed by atoms with Crippen LogP contribution in [0.2, 0.25) is 0 Å². The Labute approximate surface area is 132 Å². The summed E-state index contributed by atoms with van der Waals surface area (Å²) in [4.78, 5) is 11.8. The monoisotopic (exact) mass is 306 g/mol. The van der Waals surface area contributed by atoms with Gasteiger partial charge in [0.1, 0.15) is 11.9 Å². The minimum atomic E-state index is -0.537. The number of amides is 1. The van der Waals surface area contributed by atoms with Crippen LogP contribution < -0.4 is 11.1 Å². The van der Waals surface area contributed by atoms with Crippen molar-refractivity contribution in [3.8, 4) is 0 Å². The van der Waals surface area contributed by atoms with Crippen LogP contribution in [0.4, 0.5) is 4.39 Å². The minimum absolute atomic E-state index is 0.303. The molecule has 1 fully saturated rings. The molecule has 3 atom stereocenters. The van der Waals surface area contributed by atoms with Gasteiger partial charge in [0.2, 0.25) is 5.91 Å². The Morgan fingerprint density at radius 3 is 2.59 bits per heavy atom. The van der Waals surface area contributed by atoms with E-state index in [2.05, 4.69) is 19.2 Å². The Kier molecular flexibility index (Phi) is 5.95. The highest BCUT2D eigenvalue weighted by atomic mass is 19.1. The van der Waals surface area contributed by atoms with Gasteiger partial charge >= 0.3 is 0 Å². The average molecular weight is 306 g/mol. The van der Waals surface area contributed by atoms with Gasteiger partial charge in [0.15, 0.2) is 0 Å². The highest BCUT2D eigenvalue weighted by Crippen LogP contribution is 2.32. The predicted molar refractivity (Wildman–Crippen MR) is 86.7 cm³/mol. The van der Waals surface area contributed by atoms with Crippen molar-refractivity contribution in [1.82, 2.24) is 5.32 Å². The van der Waals surface area contributed by atoms with Crippen molar-refractivity contribution in [2.75, 3.05) is 0 Å². The molecule has 1 saturated carbocycles. The molecule has 0 saturated heterocycles. The van der Waals surface area contributed by atoms with Crippen molar-refractivity contribution in [3.05, 3.63) is 35.6 Å². The van der Waals surface area contributed by atoms with Crippen LogP contribution in [-0.2, 0) is 4.79 Å². The van der Waals surface area contributed by atoms with Crippen LogP contribution >= 0.6 is 0 Å². The number of rotatable bonds is 7. The summed E-state index contributed by atoms with van der Waals surface area (Å²) in [6, 6.07) is 5.80. The lowest BCUT2D eigenvalue weighted by atomic mass is 9.92. The number of carbonyl (C=O) groups is 1. The Balaban J connectivity index is 2.04. The molecule has 1 aromatic rings. The third-order valence-corrected chi connectivity index (χ3v) is 4.64. The van der Waals surface area contributed by atoms with Crippen molar-refractivity contribution in [3.63, 3.8) is 0 Å². The molecule has 0 heterocycles. The van der Waals surface area contributed by atoms with Crippen molar-refractivity contribution in [2.24, 2.45) is 17.6 Å². The molecule has 2 rings (SSSR count). The van der Waals surface area contributed by atoms with Gasteiger partial charge in [-0.15, -0.1) is 0 Å². The quantitative estimate of drug-likeness (QED) is 0.809. The molecule has 4 heteroatoms. The van der Waals surface area contributed by atoms with Gasteiger partial charge in [-0.2, -0.15) is 0 Å². The van der Waals surface area contributed by atoms with Crippen molar-refractivity contribution < 1.29 is 9.18 Å². The lowest BCUT2D eigenvalue weighted by Gasteiger charge is -2.26. The molecular weight excluding hydrogens is 279 g/mol. The first-order chi connectivity index (χ1) is 10.5. The maximum Gasteiger partial charge on any atom is 0.239 e. The minimum Gasteiger partial charge on any atom is -0.368 e. The van der Waals surface area contributed by atoms with Gasteiger partial charge in [0, 0.05) is 6.04 Å². The van der Waals surface area contributed by atoms with Gasteiger partial charge in [0.25, 0.3) is 0 Å². The zero-order chi connectivity index (χ0) is 16.1. The molecule has 0 spiro atoms. The number of benzene rings is 1. The number of carbonyl (C=O) groups excluding carboxylic acids is 1. The molecule has 22 heavy (non-hydrogen) atoms. The molecule has 1 aliphatic rings. The van der Waals surface area contributed by atoms with E-state index in [1.54, 1.807) is 12.1 Å². The summed E-state index contributed by atoms with van der Waals surface area (Å²) in [6.45, 7) is 4.48. The topological polar surface area (TPSA) is 55.1 Å². The second-order valence-electron chi connectivity index (χ2n) is 6.82. The van der Waals surface area contributed by atoms with E-state index in [1.807, 2.05) is 0 Å². The molecule has 1 amide bonds. The Morgan fingerprint density at radius 2 is 2.00 bits per heavy atom. The lowest BCUT2D eigenvalue weighted by Crippen LogP contribution is -2.41. The normalized spacial score (nSPS) is 22.9. The van der Waals surface area contributed by atoms with Crippen LogP contribution in [-0.4, -0.2) is 11.9 Å². The standard InChI is InChI=1S/C18H27FN2O/c1-12(2)6-7-13-4-3-5-16(13)21-17(18(20)22)14-8-10-15(19)11-9-14/h8-13,16-17,21H,3-7H2,1-2H3,(H2,20,22)/t13-,16-,17-/m0/s1. The zero-order valence-electron chi connectivity index (χ0n) is 13.5. The van der Waals surface area contributed by atoms with E-state index < -0.39 is 11.9 Å². The first kappa shape index (κ1) is 16.9. The number of primary amides is 1. The van der Waals surface area contributed by atoms with Crippen molar-refractivity contribution >= 4 is 5.91 Å². The van der Waals surface area contributed by atoms with Crippen molar-refractivity contribution in [2.45, 2.75) is 58.0 Å². The lowest BCUT2D eigenvalue weighted by molar-refractivity contribution is -0.120. The summed E-state index contributed by atoms with van der Waals surface area (Å²) >= 11 is 0. The number of halogens is 1. The molecule has 0 bridgehead atoms. The number of nitrogens with two attached hydrogens (primary N) is 1. The average Bonchev–Trinajstić information content (AvgIpc) is 2.90. The SMILES string of the molecule is CC(C)CC[C@@H]1CCC[C@@H]1N[C@H](C(N)=O)c1ccc(F)cc1. The van der Waals surface area contributed by atoms with Crippen molar-refractivity contribution in [1.29, 1.82) is 0 Å². The number of hydrogen-bond donors (Lipinski definition) is 2. The van der Waals surface area contributed by atoms with E-state index in [4.69, 9.17) is 5.73 Å². The van der Waals surface area contributed by atoms with Gasteiger partial charge < -0.3 is 5.73 Å². The molecule has 0 unspecified atom stereocenters. The first-order valence-corrected chi connectivity index (χ1v) is 8.28. The molecule has 3 N–H and O–H groups in total. The summed E-state index contributed by atoms with van der Waals surface area (Å²) in [5, 5.41) is 3.43. The fraction of sp³-hybridized carbons (Fsp3) is 0.611. The van der Waals surface area contributed by atoms with E-state index in [0.717, 1.165) is 12.0 Å². The van der Waals surface area contributed by atoms with E-state index in [1.165, 1.54) is 37.8 Å². The van der Waals surface area contributed by atoms with Gasteiger partial charge in [-0.1, -0.05) is 38.8 Å². The molecule has 1 aliphatic carbocycles. The number of hydrogen-bond acceptors (Lipinski definition) is 2. The maximum atomic E-state index is 13.1. The van der Waals surface area contributed by atoms with Crippen LogP contribution in [0.1, 0.15) is 57.6 Å². The molecule has 3 nitrogen and oxygen atoms in total. The van der Waals surface area contributed by atoms with Crippen LogP contribution in [0.3, 0.4) is 0 Å². The molecule has 1 aromatic carbocycles. The summed E-state index contributed by atoms with van der Waals surface area (Å²) in [5.41, 5.74) is 6.30. The van der Waals surface area contributed by atoms with E-state index in [0.29, 0.717) is 17.9 Å². The number of nitrogens with one attached hydrogen (secondary N) is 1. The van der Waals surface area contributed by atoms with Gasteiger partial charge in [-0.25, -0.2) is 4.39 Å². The second-order valence-corrected chi connectivity index (χ2v) is 6.82. The summed E-state index contributed by atoms with van der Waals surface area (Å²) in [6.07, 6.45) is 5.87. The van der Waals surface area contributed by atoms with Crippen LogP contribution in [0.15, 0.2) is 24.3 Å². The van der Waals surface area contributed by atoms with Gasteiger partial charge in [-0.05, 0) is 48.8 Å². The smallest absolute Gasteiger partial charge is 0.239 e. The summed E-state index contributed by atoms with van der Waals surface area (Å²) in [7, 11) is 0. The maximum absolute atomic E-state index is 13.1. The summed E-state index contributed by atoms with van der Waals surface area (Å²) < 4.78 is 13.1. The van der Waals surface area contributed by atoms with Gasteiger partial charge in [0.05, 0.1) is 0 Å². The van der Waals surface area contributed by atoms with Crippen LogP contribution in [0, 0.1) is 17.7 Å². The highest BCUT2D eigenvalue weighted by Gasteiger charge is 2.31. The molecule has 122 valence electrons. The predicted octanol–water partition coefficient (Wildman–Crippen LogP) is 3.55. The van der Waals surface area contributed by atoms with Gasteiger partial charge in [-0.3, -0.25) is 10.1 Å². The molecular formula is C18H27FN2O. The molecule has 0 radical (unpaired) electrons. The van der Waals surface area contributed by atoms with E-state index >= 15 is 0 Å². The Morgan fingerprint density at radius 1 is 1.32 bits per heavy atom. The fourth-order valence-corrected chi connectivity index (χ4v) is 3.36. The zero-order valence-corrected chi connectivity index (χ0v) is 13.5. The summed E-state index contributed by atoms with van der Waals surface area (Å²) in [5.74, 6) is 0.596. The second kappa shape index (κ2) is 7.73. The van der Waals surface area contributed by atoms with E-state index in [-0.39, 0.29) is 5.82 Å².